The fraction of sp³-hybridized carbons (Fsp3) is 0.200. The van der Waals surface area contributed by atoms with Gasteiger partial charge in [-0.25, -0.2) is 4.52 Å². The summed E-state index contributed by atoms with van der Waals surface area (Å²) in [5.41, 5.74) is 0.752. The molecule has 0 saturated heterocycles. The molecule has 3 heterocycles. The molecule has 92 valence electrons. The molecule has 18 heavy (non-hydrogen) atoms. The van der Waals surface area contributed by atoms with Crippen LogP contribution in [0, 0.1) is 0 Å². The van der Waals surface area contributed by atoms with Gasteiger partial charge < -0.3 is 5.32 Å². The molecule has 3 aromatic rings. The highest BCUT2D eigenvalue weighted by Gasteiger charge is 2.03. The molecule has 7 nitrogen and oxygen atoms in total. The van der Waals surface area contributed by atoms with Crippen LogP contribution in [0.15, 0.2) is 30.7 Å². The van der Waals surface area contributed by atoms with Crippen LogP contribution in [0.25, 0.3) is 5.65 Å². The second-order valence-electron chi connectivity index (χ2n) is 3.68. The van der Waals surface area contributed by atoms with Crippen LogP contribution in [0.2, 0.25) is 5.02 Å². The maximum atomic E-state index is 5.87. The Morgan fingerprint density at radius 1 is 1.33 bits per heavy atom. The first kappa shape index (κ1) is 11.0. The Bertz CT molecular complexity index is 645. The molecule has 0 aromatic carbocycles. The number of hydrogen-bond donors (Lipinski definition) is 1. The first-order valence-corrected chi connectivity index (χ1v) is 5.79. The van der Waals surface area contributed by atoms with Crippen molar-refractivity contribution in [2.45, 2.75) is 6.54 Å². The topological polar surface area (TPSA) is 72.9 Å². The number of halogens is 1. The third kappa shape index (κ3) is 2.25. The molecule has 0 atom stereocenters. The summed E-state index contributed by atoms with van der Waals surface area (Å²) in [6, 6.07) is 3.60. The summed E-state index contributed by atoms with van der Waals surface area (Å²) in [5.74, 6) is 0.567. The Hall–Kier alpha value is -2.15. The Labute approximate surface area is 107 Å². The van der Waals surface area contributed by atoms with Crippen molar-refractivity contribution >= 4 is 23.2 Å². The van der Waals surface area contributed by atoms with E-state index in [4.69, 9.17) is 11.6 Å². The Balaban J connectivity index is 1.67. The Kier molecular flexibility index (Phi) is 2.81. The van der Waals surface area contributed by atoms with Gasteiger partial charge in [-0.3, -0.25) is 4.68 Å². The Morgan fingerprint density at radius 3 is 3.11 bits per heavy atom. The smallest absolute Gasteiger partial charge is 0.243 e. The molecule has 0 unspecified atom stereocenters. The van der Waals surface area contributed by atoms with Crippen LogP contribution in [0.3, 0.4) is 0 Å². The SMILES string of the molecule is Clc1ccc2nc(NCCn3ccnn3)nn2c1. The van der Waals surface area contributed by atoms with Crippen molar-refractivity contribution in [3.63, 3.8) is 0 Å². The van der Waals surface area contributed by atoms with E-state index in [1.54, 1.807) is 33.9 Å². The van der Waals surface area contributed by atoms with Crippen molar-refractivity contribution in [2.24, 2.45) is 0 Å². The number of hydrogen-bond acceptors (Lipinski definition) is 5. The molecule has 0 aliphatic rings. The zero-order valence-electron chi connectivity index (χ0n) is 9.36. The van der Waals surface area contributed by atoms with Gasteiger partial charge in [-0.2, -0.15) is 4.98 Å². The average molecular weight is 264 g/mol. The third-order valence-corrected chi connectivity index (χ3v) is 2.61. The normalized spacial score (nSPS) is 10.9. The number of aromatic nitrogens is 6. The number of fused-ring (bicyclic) bond motifs is 1. The molecule has 0 aliphatic heterocycles. The first-order chi connectivity index (χ1) is 8.81. The fourth-order valence-electron chi connectivity index (χ4n) is 1.57. The lowest BCUT2D eigenvalue weighted by Crippen LogP contribution is -2.11. The highest BCUT2D eigenvalue weighted by atomic mass is 35.5. The van der Waals surface area contributed by atoms with E-state index in [-0.39, 0.29) is 0 Å². The number of anilines is 1. The molecule has 0 radical (unpaired) electrons. The Morgan fingerprint density at radius 2 is 2.28 bits per heavy atom. The van der Waals surface area contributed by atoms with Crippen LogP contribution in [-0.4, -0.2) is 36.1 Å². The van der Waals surface area contributed by atoms with Crippen LogP contribution in [0.4, 0.5) is 5.95 Å². The summed E-state index contributed by atoms with van der Waals surface area (Å²) in [7, 11) is 0. The maximum absolute atomic E-state index is 5.87. The summed E-state index contributed by atoms with van der Waals surface area (Å²) in [5, 5.41) is 15.6. The van der Waals surface area contributed by atoms with E-state index < -0.39 is 0 Å². The monoisotopic (exact) mass is 263 g/mol. The highest BCUT2D eigenvalue weighted by molar-refractivity contribution is 6.30. The zero-order chi connectivity index (χ0) is 12.4. The minimum Gasteiger partial charge on any atom is -0.351 e. The van der Waals surface area contributed by atoms with Gasteiger partial charge in [-0.05, 0) is 12.1 Å². The molecular weight excluding hydrogens is 254 g/mol. The zero-order valence-corrected chi connectivity index (χ0v) is 10.1. The fourth-order valence-corrected chi connectivity index (χ4v) is 1.72. The van der Waals surface area contributed by atoms with Gasteiger partial charge in [0.25, 0.3) is 0 Å². The number of rotatable bonds is 4. The lowest BCUT2D eigenvalue weighted by molar-refractivity contribution is 0.607. The second-order valence-corrected chi connectivity index (χ2v) is 4.11. The van der Waals surface area contributed by atoms with E-state index in [0.29, 0.717) is 24.1 Å². The molecule has 3 aromatic heterocycles. The van der Waals surface area contributed by atoms with Gasteiger partial charge in [0.2, 0.25) is 5.95 Å². The molecule has 0 saturated carbocycles. The van der Waals surface area contributed by atoms with E-state index in [2.05, 4.69) is 25.7 Å². The minimum absolute atomic E-state index is 0.567. The van der Waals surface area contributed by atoms with Crippen molar-refractivity contribution in [3.05, 3.63) is 35.7 Å². The summed E-state index contributed by atoms with van der Waals surface area (Å²) < 4.78 is 3.37. The van der Waals surface area contributed by atoms with E-state index in [0.717, 1.165) is 5.65 Å². The lowest BCUT2D eigenvalue weighted by atomic mass is 10.5. The first-order valence-electron chi connectivity index (χ1n) is 5.41. The van der Waals surface area contributed by atoms with Crippen LogP contribution in [-0.2, 0) is 6.54 Å². The molecule has 0 bridgehead atoms. The molecule has 3 rings (SSSR count). The van der Waals surface area contributed by atoms with E-state index >= 15 is 0 Å². The summed E-state index contributed by atoms with van der Waals surface area (Å²) in [4.78, 5) is 4.31. The lowest BCUT2D eigenvalue weighted by Gasteiger charge is -2.00. The number of nitrogens with zero attached hydrogens (tertiary/aromatic N) is 6. The van der Waals surface area contributed by atoms with Crippen molar-refractivity contribution in [1.29, 1.82) is 0 Å². The summed E-state index contributed by atoms with van der Waals surface area (Å²) >= 11 is 5.87. The van der Waals surface area contributed by atoms with E-state index in [9.17, 15) is 0 Å². The molecule has 0 amide bonds. The molecule has 0 spiro atoms. The van der Waals surface area contributed by atoms with Crippen LogP contribution >= 0.6 is 11.6 Å². The van der Waals surface area contributed by atoms with Gasteiger partial charge in [0, 0.05) is 18.9 Å². The van der Waals surface area contributed by atoms with E-state index in [1.807, 2.05) is 6.07 Å². The standard InChI is InChI=1S/C10H10ClN7/c11-8-1-2-9-14-10(15-18(9)7-8)12-3-5-17-6-4-13-16-17/h1-2,4,6-7H,3,5H2,(H,12,15). The summed E-state index contributed by atoms with van der Waals surface area (Å²) in [6.07, 6.45) is 5.16. The largest absolute Gasteiger partial charge is 0.351 e. The predicted octanol–water partition coefficient (Wildman–Crippen LogP) is 1.09. The van der Waals surface area contributed by atoms with Gasteiger partial charge in [0.1, 0.15) is 0 Å². The van der Waals surface area contributed by atoms with Crippen molar-refractivity contribution in [2.75, 3.05) is 11.9 Å². The second kappa shape index (κ2) is 4.61. The van der Waals surface area contributed by atoms with Gasteiger partial charge in [0.05, 0.1) is 17.8 Å². The average Bonchev–Trinajstić information content (AvgIpc) is 2.97. The molecule has 0 aliphatic carbocycles. The van der Waals surface area contributed by atoms with Gasteiger partial charge in [-0.1, -0.05) is 16.8 Å². The summed E-state index contributed by atoms with van der Waals surface area (Å²) in [6.45, 7) is 1.38. The van der Waals surface area contributed by atoms with Crippen molar-refractivity contribution < 1.29 is 0 Å². The van der Waals surface area contributed by atoms with Gasteiger partial charge in [0.15, 0.2) is 5.65 Å². The predicted molar refractivity (Wildman–Crippen MR) is 66.5 cm³/mol. The number of nitrogens with one attached hydrogen (secondary N) is 1. The quantitative estimate of drug-likeness (QED) is 0.763. The van der Waals surface area contributed by atoms with Gasteiger partial charge in [-0.15, -0.1) is 10.2 Å². The van der Waals surface area contributed by atoms with Crippen LogP contribution in [0.5, 0.6) is 0 Å². The highest BCUT2D eigenvalue weighted by Crippen LogP contribution is 2.11. The van der Waals surface area contributed by atoms with Crippen molar-refractivity contribution in [1.82, 2.24) is 29.6 Å². The molecule has 1 N–H and O–H groups in total. The minimum atomic E-state index is 0.567. The van der Waals surface area contributed by atoms with Gasteiger partial charge >= 0.3 is 0 Å². The third-order valence-electron chi connectivity index (χ3n) is 2.39. The maximum Gasteiger partial charge on any atom is 0.243 e. The van der Waals surface area contributed by atoms with Crippen LogP contribution < -0.4 is 5.32 Å². The number of pyridine rings is 1. The van der Waals surface area contributed by atoms with E-state index in [1.165, 1.54) is 0 Å². The van der Waals surface area contributed by atoms with Crippen LogP contribution in [0.1, 0.15) is 0 Å². The molecular formula is C10H10ClN7. The molecule has 0 fully saturated rings. The van der Waals surface area contributed by atoms with Crippen molar-refractivity contribution in [3.8, 4) is 0 Å². The molecule has 8 heteroatoms.